The number of fused-ring (bicyclic) bond motifs is 1. The minimum absolute atomic E-state index is 0.0350. The molecule has 2 aromatic rings. The largest absolute Gasteiger partial charge is 0.325 e. The number of aromatic nitrogens is 2. The van der Waals surface area contributed by atoms with Crippen molar-refractivity contribution in [3.05, 3.63) is 33.7 Å². The molecule has 2 aliphatic rings. The van der Waals surface area contributed by atoms with Crippen LogP contribution in [0.1, 0.15) is 44.7 Å². The Morgan fingerprint density at radius 1 is 1.32 bits per heavy atom. The van der Waals surface area contributed by atoms with Gasteiger partial charge in [-0.1, -0.05) is 13.3 Å². The highest BCUT2D eigenvalue weighted by molar-refractivity contribution is 7.15. The van der Waals surface area contributed by atoms with Gasteiger partial charge in [0, 0.05) is 17.6 Å². The van der Waals surface area contributed by atoms with E-state index in [1.807, 2.05) is 0 Å². The van der Waals surface area contributed by atoms with Gasteiger partial charge in [-0.2, -0.15) is 0 Å². The molecule has 1 saturated carbocycles. The average Bonchev–Trinajstić information content (AvgIpc) is 3.16. The molecule has 1 saturated heterocycles. The monoisotopic (exact) mass is 360 g/mol. The van der Waals surface area contributed by atoms with Gasteiger partial charge in [-0.25, -0.2) is 9.78 Å². The predicted molar refractivity (Wildman–Crippen MR) is 93.4 cm³/mol. The summed E-state index contributed by atoms with van der Waals surface area (Å²) in [4.78, 5) is 43.6. The Labute approximate surface area is 148 Å². The molecule has 8 heteroatoms. The lowest BCUT2D eigenvalue weighted by Gasteiger charge is -2.34. The molecular weight excluding hydrogens is 340 g/mol. The van der Waals surface area contributed by atoms with E-state index in [0.717, 1.165) is 19.3 Å². The molecule has 0 radical (unpaired) electrons. The zero-order valence-electron chi connectivity index (χ0n) is 14.0. The van der Waals surface area contributed by atoms with E-state index >= 15 is 0 Å². The summed E-state index contributed by atoms with van der Waals surface area (Å²) in [7, 11) is 0. The van der Waals surface area contributed by atoms with Crippen LogP contribution in [0.2, 0.25) is 0 Å². The molecule has 1 aliphatic heterocycles. The Morgan fingerprint density at radius 2 is 2.08 bits per heavy atom. The van der Waals surface area contributed by atoms with Crippen LogP contribution in [0.4, 0.5) is 4.79 Å². The van der Waals surface area contributed by atoms with Crippen LogP contribution in [0.15, 0.2) is 22.4 Å². The zero-order valence-corrected chi connectivity index (χ0v) is 14.8. The minimum Gasteiger partial charge on any atom is -0.323 e. The summed E-state index contributed by atoms with van der Waals surface area (Å²) in [5.41, 5.74) is -0.521. The molecule has 132 valence electrons. The van der Waals surface area contributed by atoms with Crippen LogP contribution in [-0.2, 0) is 11.3 Å². The molecule has 3 heterocycles. The van der Waals surface area contributed by atoms with Crippen molar-refractivity contribution in [2.24, 2.45) is 5.92 Å². The molecule has 2 aromatic heterocycles. The Hall–Kier alpha value is -2.22. The fraction of sp³-hybridized carbons (Fsp3) is 0.529. The van der Waals surface area contributed by atoms with Gasteiger partial charge >= 0.3 is 6.03 Å². The van der Waals surface area contributed by atoms with E-state index in [4.69, 9.17) is 0 Å². The topological polar surface area (TPSA) is 83.8 Å². The van der Waals surface area contributed by atoms with Crippen molar-refractivity contribution in [1.29, 1.82) is 0 Å². The number of imide groups is 1. The third-order valence-electron chi connectivity index (χ3n) is 5.46. The molecule has 2 fully saturated rings. The smallest absolute Gasteiger partial charge is 0.323 e. The number of urea groups is 1. The zero-order chi connectivity index (χ0) is 17.6. The van der Waals surface area contributed by atoms with E-state index in [1.54, 1.807) is 11.6 Å². The van der Waals surface area contributed by atoms with Crippen LogP contribution < -0.4 is 10.9 Å². The first-order valence-electron chi connectivity index (χ1n) is 8.62. The molecule has 1 aliphatic carbocycles. The fourth-order valence-corrected chi connectivity index (χ4v) is 4.61. The van der Waals surface area contributed by atoms with Crippen LogP contribution in [0.5, 0.6) is 0 Å². The van der Waals surface area contributed by atoms with Crippen molar-refractivity contribution in [2.75, 3.05) is 0 Å². The van der Waals surface area contributed by atoms with Gasteiger partial charge < -0.3 is 5.32 Å². The second-order valence-electron chi connectivity index (χ2n) is 6.90. The van der Waals surface area contributed by atoms with Crippen molar-refractivity contribution in [2.45, 2.75) is 51.1 Å². The molecule has 1 spiro atoms. The Balaban J connectivity index is 1.57. The van der Waals surface area contributed by atoms with Crippen LogP contribution in [-0.4, -0.2) is 31.8 Å². The molecule has 0 aromatic carbocycles. The third kappa shape index (κ3) is 2.64. The van der Waals surface area contributed by atoms with E-state index in [1.165, 1.54) is 26.7 Å². The van der Waals surface area contributed by atoms with Crippen molar-refractivity contribution in [1.82, 2.24) is 19.6 Å². The van der Waals surface area contributed by atoms with Crippen LogP contribution >= 0.6 is 11.3 Å². The lowest BCUT2D eigenvalue weighted by Crippen LogP contribution is -2.49. The summed E-state index contributed by atoms with van der Waals surface area (Å²) in [5, 5.41) is 4.69. The van der Waals surface area contributed by atoms with E-state index in [2.05, 4.69) is 17.2 Å². The third-order valence-corrected chi connectivity index (χ3v) is 6.21. The van der Waals surface area contributed by atoms with Crippen LogP contribution in [0.3, 0.4) is 0 Å². The number of nitrogens with zero attached hydrogens (tertiary/aromatic N) is 3. The summed E-state index contributed by atoms with van der Waals surface area (Å²) >= 11 is 1.35. The number of amides is 3. The van der Waals surface area contributed by atoms with Gasteiger partial charge in [-0.3, -0.25) is 18.9 Å². The van der Waals surface area contributed by atoms with Crippen LogP contribution in [0, 0.1) is 5.92 Å². The SMILES string of the molecule is CCC1CCC2(CC1)NC(=O)N(Cc1cc(=O)n3ccsc3n1)C2=O. The summed E-state index contributed by atoms with van der Waals surface area (Å²) < 4.78 is 1.45. The van der Waals surface area contributed by atoms with E-state index < -0.39 is 5.54 Å². The van der Waals surface area contributed by atoms with E-state index in [9.17, 15) is 14.4 Å². The lowest BCUT2D eigenvalue weighted by atomic mass is 9.75. The molecule has 0 bridgehead atoms. The van der Waals surface area contributed by atoms with E-state index in [-0.39, 0.29) is 24.0 Å². The van der Waals surface area contributed by atoms with Gasteiger partial charge in [-0.05, 0) is 31.6 Å². The molecule has 0 unspecified atom stereocenters. The molecule has 1 N–H and O–H groups in total. The van der Waals surface area contributed by atoms with Gasteiger partial charge in [0.25, 0.3) is 11.5 Å². The van der Waals surface area contributed by atoms with Gasteiger partial charge in [0.2, 0.25) is 0 Å². The Bertz CT molecular complexity index is 895. The Kier molecular flexibility index (Phi) is 3.87. The van der Waals surface area contributed by atoms with Crippen molar-refractivity contribution < 1.29 is 9.59 Å². The highest BCUT2D eigenvalue weighted by Gasteiger charge is 2.52. The highest BCUT2D eigenvalue weighted by atomic mass is 32.1. The number of hydrogen-bond donors (Lipinski definition) is 1. The maximum absolute atomic E-state index is 12.9. The number of rotatable bonds is 3. The second kappa shape index (κ2) is 5.94. The number of hydrogen-bond acceptors (Lipinski definition) is 5. The summed E-state index contributed by atoms with van der Waals surface area (Å²) in [6.45, 7) is 2.20. The summed E-state index contributed by atoms with van der Waals surface area (Å²) in [6.07, 6.45) is 6.05. The fourth-order valence-electron chi connectivity index (χ4n) is 3.87. The number of carbonyl (C=O) groups is 2. The van der Waals surface area contributed by atoms with E-state index in [0.29, 0.717) is 29.4 Å². The van der Waals surface area contributed by atoms with Gasteiger partial charge in [0.05, 0.1) is 12.2 Å². The van der Waals surface area contributed by atoms with Gasteiger partial charge in [0.1, 0.15) is 5.54 Å². The number of thiazole rings is 1. The molecule has 7 nitrogen and oxygen atoms in total. The first kappa shape index (κ1) is 16.3. The molecule has 3 amide bonds. The van der Waals surface area contributed by atoms with Crippen molar-refractivity contribution >= 4 is 28.2 Å². The lowest BCUT2D eigenvalue weighted by molar-refractivity contribution is -0.133. The molecule has 4 rings (SSSR count). The van der Waals surface area contributed by atoms with Crippen LogP contribution in [0.25, 0.3) is 4.96 Å². The number of nitrogens with one attached hydrogen (secondary N) is 1. The Morgan fingerprint density at radius 3 is 2.80 bits per heavy atom. The van der Waals surface area contributed by atoms with Crippen molar-refractivity contribution in [3.8, 4) is 0 Å². The number of carbonyl (C=O) groups excluding carboxylic acids is 2. The molecule has 25 heavy (non-hydrogen) atoms. The highest BCUT2D eigenvalue weighted by Crippen LogP contribution is 2.37. The summed E-state index contributed by atoms with van der Waals surface area (Å²) in [6, 6.07) is 1.01. The normalized spacial score (nSPS) is 26.6. The maximum Gasteiger partial charge on any atom is 0.325 e. The minimum atomic E-state index is -0.759. The first-order chi connectivity index (χ1) is 12.0. The molecular formula is C17H20N4O3S. The van der Waals surface area contributed by atoms with Gasteiger partial charge in [-0.15, -0.1) is 11.3 Å². The van der Waals surface area contributed by atoms with Crippen molar-refractivity contribution in [3.63, 3.8) is 0 Å². The van der Waals surface area contributed by atoms with Gasteiger partial charge in [0.15, 0.2) is 4.96 Å². The first-order valence-corrected chi connectivity index (χ1v) is 9.50. The standard InChI is InChI=1S/C17H20N4O3S/c1-2-11-3-5-17(6-4-11)14(23)21(15(24)19-17)10-12-9-13(22)20-7-8-25-16(20)18-12/h7-9,11H,2-6,10H2,1H3,(H,19,24). The predicted octanol–water partition coefficient (Wildman–Crippen LogP) is 2.15. The second-order valence-corrected chi connectivity index (χ2v) is 7.77. The average molecular weight is 360 g/mol. The summed E-state index contributed by atoms with van der Waals surface area (Å²) in [5.74, 6) is 0.451. The molecule has 0 atom stereocenters. The quantitative estimate of drug-likeness (QED) is 0.850. The maximum atomic E-state index is 12.9.